The monoisotopic (exact) mass is 192 g/mol. The first-order chi connectivity index (χ1) is 5.91. The van der Waals surface area contributed by atoms with Crippen molar-refractivity contribution >= 4 is 17.9 Å². The molecule has 0 spiro atoms. The lowest BCUT2D eigenvalue weighted by molar-refractivity contribution is -0.145. The average molecular weight is 192 g/mol. The van der Waals surface area contributed by atoms with Gasteiger partial charge < -0.3 is 5.73 Å². The highest BCUT2D eigenvalue weighted by molar-refractivity contribution is 6.41. The molecule has 7 heteroatoms. The molecule has 3 N–H and O–H groups in total. The van der Waals surface area contributed by atoms with Gasteiger partial charge in [-0.1, -0.05) is 0 Å². The molecule has 0 saturated carbocycles. The van der Waals surface area contributed by atoms with Crippen LogP contribution in [0.25, 0.3) is 0 Å². The van der Waals surface area contributed by atoms with E-state index in [-0.39, 0.29) is 5.71 Å². The second-order valence-electron chi connectivity index (χ2n) is 2.52. The molecule has 0 amide bonds. The van der Waals surface area contributed by atoms with Crippen molar-refractivity contribution in [3.05, 3.63) is 0 Å². The molecule has 1 rings (SSSR count). The van der Waals surface area contributed by atoms with Gasteiger partial charge in [0.2, 0.25) is 0 Å². The van der Waals surface area contributed by atoms with Crippen LogP contribution in [0.3, 0.4) is 0 Å². The van der Waals surface area contributed by atoms with E-state index in [2.05, 4.69) is 9.98 Å². The molecule has 72 valence electrons. The number of halogens is 3. The van der Waals surface area contributed by atoms with Crippen molar-refractivity contribution in [2.24, 2.45) is 15.7 Å². The third-order valence-electron chi connectivity index (χ3n) is 1.54. The van der Waals surface area contributed by atoms with Crippen LogP contribution >= 0.6 is 0 Å². The van der Waals surface area contributed by atoms with Gasteiger partial charge in [-0.25, -0.2) is 4.99 Å². The van der Waals surface area contributed by atoms with Crippen molar-refractivity contribution in [1.82, 2.24) is 0 Å². The summed E-state index contributed by atoms with van der Waals surface area (Å²) >= 11 is 0. The summed E-state index contributed by atoms with van der Waals surface area (Å²) in [6, 6.07) is -1.82. The average Bonchev–Trinajstić information content (AvgIpc) is 2.03. The van der Waals surface area contributed by atoms with E-state index in [0.717, 1.165) is 6.34 Å². The normalized spacial score (nSPS) is 22.7. The summed E-state index contributed by atoms with van der Waals surface area (Å²) in [5.41, 5.74) is 4.92. The lowest BCUT2D eigenvalue weighted by atomic mass is 10.1. The van der Waals surface area contributed by atoms with Gasteiger partial charge in [-0.15, -0.1) is 0 Å². The second kappa shape index (κ2) is 3.15. The van der Waals surface area contributed by atoms with Crippen LogP contribution < -0.4 is 5.73 Å². The molecule has 1 heterocycles. The molecule has 0 aromatic rings. The topological polar surface area (TPSA) is 74.6 Å². The summed E-state index contributed by atoms with van der Waals surface area (Å²) in [7, 11) is 0. The zero-order valence-electron chi connectivity index (χ0n) is 6.47. The van der Waals surface area contributed by atoms with Gasteiger partial charge in [0.1, 0.15) is 12.2 Å². The van der Waals surface area contributed by atoms with Gasteiger partial charge in [-0.05, 0) is 0 Å². The van der Waals surface area contributed by atoms with Crippen LogP contribution in [0, 0.1) is 5.41 Å². The smallest absolute Gasteiger partial charge is 0.383 e. The highest BCUT2D eigenvalue weighted by Gasteiger charge is 2.41. The van der Waals surface area contributed by atoms with E-state index < -0.39 is 24.5 Å². The Morgan fingerprint density at radius 1 is 1.62 bits per heavy atom. The van der Waals surface area contributed by atoms with E-state index in [1.54, 1.807) is 0 Å². The summed E-state index contributed by atoms with van der Waals surface area (Å²) in [6.07, 6.45) is -4.05. The lowest BCUT2D eigenvalue weighted by Gasteiger charge is -2.18. The molecule has 1 unspecified atom stereocenters. The lowest BCUT2D eigenvalue weighted by Crippen LogP contribution is -2.36. The predicted molar refractivity (Wildman–Crippen MR) is 42.3 cm³/mol. The second-order valence-corrected chi connectivity index (χ2v) is 2.52. The summed E-state index contributed by atoms with van der Waals surface area (Å²) in [5, 5.41) is 6.90. The van der Waals surface area contributed by atoms with Crippen molar-refractivity contribution < 1.29 is 13.2 Å². The standard InChI is InChI=1S/C6H7F3N4/c7-6(8,9)4-1-3(5(10)11)12-2-13-4/h2,4H,1H2,(H3,10,11). The number of amidine groups is 1. The Morgan fingerprint density at radius 2 is 2.23 bits per heavy atom. The van der Waals surface area contributed by atoms with Crippen molar-refractivity contribution in [1.29, 1.82) is 5.41 Å². The quantitative estimate of drug-likeness (QED) is 0.466. The fourth-order valence-corrected chi connectivity index (χ4v) is 0.852. The third-order valence-corrected chi connectivity index (χ3v) is 1.54. The fourth-order valence-electron chi connectivity index (χ4n) is 0.852. The third kappa shape index (κ3) is 2.27. The van der Waals surface area contributed by atoms with E-state index >= 15 is 0 Å². The molecule has 13 heavy (non-hydrogen) atoms. The summed E-state index contributed by atoms with van der Waals surface area (Å²) in [5.74, 6) is -0.444. The molecule has 0 radical (unpaired) electrons. The van der Waals surface area contributed by atoms with E-state index in [0.29, 0.717) is 0 Å². The minimum absolute atomic E-state index is 0.0719. The maximum atomic E-state index is 12.1. The molecule has 1 atom stereocenters. The van der Waals surface area contributed by atoms with E-state index in [1.807, 2.05) is 0 Å². The molecular formula is C6H7F3N4. The number of rotatable bonds is 1. The largest absolute Gasteiger partial charge is 0.411 e. The highest BCUT2D eigenvalue weighted by Crippen LogP contribution is 2.26. The van der Waals surface area contributed by atoms with Crippen molar-refractivity contribution in [2.75, 3.05) is 0 Å². The van der Waals surface area contributed by atoms with Crippen LogP contribution in [0.5, 0.6) is 0 Å². The Hall–Kier alpha value is -1.40. The van der Waals surface area contributed by atoms with Crippen LogP contribution in [0.15, 0.2) is 9.98 Å². The number of aliphatic imine (C=N–C) groups is 2. The van der Waals surface area contributed by atoms with Crippen LogP contribution in [0.1, 0.15) is 6.42 Å². The van der Waals surface area contributed by atoms with Gasteiger partial charge >= 0.3 is 6.18 Å². The maximum absolute atomic E-state index is 12.1. The Bertz CT molecular complexity index is 278. The van der Waals surface area contributed by atoms with Crippen molar-refractivity contribution in [3.63, 3.8) is 0 Å². The van der Waals surface area contributed by atoms with Gasteiger partial charge in [0, 0.05) is 6.42 Å². The first-order valence-electron chi connectivity index (χ1n) is 3.40. The number of nitrogens with one attached hydrogen (secondary N) is 1. The zero-order valence-corrected chi connectivity index (χ0v) is 6.47. The summed E-state index contributed by atoms with van der Waals surface area (Å²) in [4.78, 5) is 6.61. The van der Waals surface area contributed by atoms with Crippen molar-refractivity contribution in [2.45, 2.75) is 18.6 Å². The molecule has 0 bridgehead atoms. The number of hydrogen-bond donors (Lipinski definition) is 2. The number of alkyl halides is 3. The Morgan fingerprint density at radius 3 is 2.69 bits per heavy atom. The van der Waals surface area contributed by atoms with Gasteiger partial charge in [0.25, 0.3) is 0 Å². The van der Waals surface area contributed by atoms with Crippen LogP contribution in [0.4, 0.5) is 13.2 Å². The number of nitrogens with two attached hydrogens (primary N) is 1. The zero-order chi connectivity index (χ0) is 10.1. The minimum atomic E-state index is -4.40. The molecule has 0 aromatic carbocycles. The van der Waals surface area contributed by atoms with Gasteiger partial charge in [-0.3, -0.25) is 10.4 Å². The van der Waals surface area contributed by atoms with Crippen LogP contribution in [0.2, 0.25) is 0 Å². The molecule has 0 aromatic heterocycles. The first kappa shape index (κ1) is 9.69. The van der Waals surface area contributed by atoms with Gasteiger partial charge in [-0.2, -0.15) is 13.2 Å². The van der Waals surface area contributed by atoms with E-state index in [1.165, 1.54) is 0 Å². The number of hydrogen-bond acceptors (Lipinski definition) is 3. The Labute approximate surface area is 71.9 Å². The highest BCUT2D eigenvalue weighted by atomic mass is 19.4. The van der Waals surface area contributed by atoms with Crippen molar-refractivity contribution in [3.8, 4) is 0 Å². The number of nitrogens with zero attached hydrogens (tertiary/aromatic N) is 2. The Balaban J connectivity index is 2.76. The summed E-state index contributed by atoms with van der Waals surface area (Å²) in [6.45, 7) is 0. The van der Waals surface area contributed by atoms with Crippen LogP contribution in [-0.2, 0) is 0 Å². The predicted octanol–water partition coefficient (Wildman–Crippen LogP) is 0.726. The molecule has 0 saturated heterocycles. The van der Waals surface area contributed by atoms with E-state index in [4.69, 9.17) is 11.1 Å². The van der Waals surface area contributed by atoms with Gasteiger partial charge in [0.15, 0.2) is 6.04 Å². The fraction of sp³-hybridized carbons (Fsp3) is 0.500. The maximum Gasteiger partial charge on any atom is 0.411 e. The van der Waals surface area contributed by atoms with Gasteiger partial charge in [0.05, 0.1) is 5.71 Å². The SMILES string of the molecule is N=C(N)C1=NC=NC(C(F)(F)F)C1. The van der Waals surface area contributed by atoms with Crippen LogP contribution in [-0.4, -0.2) is 30.1 Å². The molecule has 1 aliphatic heterocycles. The first-order valence-corrected chi connectivity index (χ1v) is 3.40. The molecule has 1 aliphatic rings. The minimum Gasteiger partial charge on any atom is -0.383 e. The Kier molecular flexibility index (Phi) is 2.35. The molecule has 0 aliphatic carbocycles. The van der Waals surface area contributed by atoms with E-state index in [9.17, 15) is 13.2 Å². The molecular weight excluding hydrogens is 185 g/mol. The summed E-state index contributed by atoms with van der Waals surface area (Å²) < 4.78 is 36.3. The molecule has 0 fully saturated rings. The molecule has 4 nitrogen and oxygen atoms in total.